The van der Waals surface area contributed by atoms with Crippen molar-refractivity contribution >= 4 is 23.6 Å². The van der Waals surface area contributed by atoms with E-state index in [1.54, 1.807) is 31.2 Å². The number of ether oxygens (including phenoxy) is 2. The summed E-state index contributed by atoms with van der Waals surface area (Å²) in [5, 5.41) is 2.17. The molecule has 0 spiro atoms. The molecule has 0 saturated heterocycles. The van der Waals surface area contributed by atoms with Gasteiger partial charge in [0.2, 0.25) is 11.8 Å². The minimum Gasteiger partial charge on any atom is -0.493 e. The predicted octanol–water partition coefficient (Wildman–Crippen LogP) is 3.87. The molecule has 0 fully saturated rings. The van der Waals surface area contributed by atoms with Gasteiger partial charge in [0.05, 0.1) is 13.7 Å². The lowest BCUT2D eigenvalue weighted by Crippen LogP contribution is -2.37. The van der Waals surface area contributed by atoms with Crippen molar-refractivity contribution in [2.45, 2.75) is 13.8 Å². The van der Waals surface area contributed by atoms with Crippen molar-refractivity contribution < 1.29 is 27.8 Å². The third-order valence-corrected chi connectivity index (χ3v) is 4.16. The van der Waals surface area contributed by atoms with Crippen LogP contribution in [-0.4, -0.2) is 43.5 Å². The lowest BCUT2D eigenvalue weighted by atomic mass is 10.2. The van der Waals surface area contributed by atoms with Crippen molar-refractivity contribution in [3.63, 3.8) is 0 Å². The molecular formula is C22H24F2N2O4. The molecule has 0 aliphatic carbocycles. The topological polar surface area (TPSA) is 67.9 Å². The molecule has 2 rings (SSSR count). The number of halogens is 2. The van der Waals surface area contributed by atoms with Gasteiger partial charge in [0.15, 0.2) is 11.5 Å². The molecule has 160 valence electrons. The van der Waals surface area contributed by atoms with Gasteiger partial charge in [-0.25, -0.2) is 8.78 Å². The lowest BCUT2D eigenvalue weighted by Gasteiger charge is -2.19. The maximum absolute atomic E-state index is 13.7. The molecule has 0 bridgehead atoms. The van der Waals surface area contributed by atoms with Crippen LogP contribution in [0.1, 0.15) is 19.4 Å². The van der Waals surface area contributed by atoms with E-state index >= 15 is 0 Å². The Hall–Kier alpha value is -3.42. The maximum Gasteiger partial charge on any atom is 0.247 e. The number of anilines is 1. The zero-order chi connectivity index (χ0) is 22.1. The Bertz CT molecular complexity index is 911. The molecule has 1 N–H and O–H groups in total. The second kappa shape index (κ2) is 10.9. The zero-order valence-electron chi connectivity index (χ0n) is 17.1. The largest absolute Gasteiger partial charge is 0.493 e. The molecular weight excluding hydrogens is 394 g/mol. The first-order chi connectivity index (χ1) is 14.4. The second-order valence-corrected chi connectivity index (χ2v) is 6.17. The van der Waals surface area contributed by atoms with Crippen LogP contribution >= 0.6 is 0 Å². The molecule has 0 heterocycles. The van der Waals surface area contributed by atoms with E-state index in [0.717, 1.165) is 12.1 Å². The van der Waals surface area contributed by atoms with Crippen LogP contribution in [0.15, 0.2) is 42.5 Å². The summed E-state index contributed by atoms with van der Waals surface area (Å²) in [6.45, 7) is 3.95. The van der Waals surface area contributed by atoms with Crippen molar-refractivity contribution in [2.24, 2.45) is 0 Å². The third kappa shape index (κ3) is 6.04. The van der Waals surface area contributed by atoms with Crippen molar-refractivity contribution in [3.05, 3.63) is 59.7 Å². The minimum atomic E-state index is -0.887. The molecule has 8 heteroatoms. The Labute approximate surface area is 174 Å². The number of likely N-dealkylation sites (N-methyl/N-ethyl adjacent to an activating group) is 1. The highest BCUT2D eigenvalue weighted by atomic mass is 19.1. The molecule has 2 aromatic carbocycles. The molecule has 0 aliphatic heterocycles. The van der Waals surface area contributed by atoms with Crippen LogP contribution in [0.2, 0.25) is 0 Å². The van der Waals surface area contributed by atoms with Crippen molar-refractivity contribution in [3.8, 4) is 11.5 Å². The monoisotopic (exact) mass is 418 g/mol. The molecule has 0 atom stereocenters. The fraction of sp³-hybridized carbons (Fsp3) is 0.273. The number of benzene rings is 2. The van der Waals surface area contributed by atoms with Gasteiger partial charge in [-0.15, -0.1) is 0 Å². The number of carbonyl (C=O) groups excluding carboxylic acids is 2. The molecule has 6 nitrogen and oxygen atoms in total. The third-order valence-electron chi connectivity index (χ3n) is 4.16. The van der Waals surface area contributed by atoms with E-state index in [1.807, 2.05) is 6.92 Å². The molecule has 2 aromatic rings. The summed E-state index contributed by atoms with van der Waals surface area (Å²) in [5.41, 5.74) is 0.167. The van der Waals surface area contributed by atoms with Gasteiger partial charge in [-0.05, 0) is 49.8 Å². The van der Waals surface area contributed by atoms with Crippen molar-refractivity contribution in [1.82, 2.24) is 4.90 Å². The smallest absolute Gasteiger partial charge is 0.247 e. The highest BCUT2D eigenvalue weighted by molar-refractivity contribution is 5.98. The number of nitrogens with zero attached hydrogens (tertiary/aromatic N) is 1. The second-order valence-electron chi connectivity index (χ2n) is 6.17. The number of para-hydroxylation sites is 1. The van der Waals surface area contributed by atoms with Gasteiger partial charge in [-0.1, -0.05) is 12.1 Å². The van der Waals surface area contributed by atoms with Gasteiger partial charge >= 0.3 is 0 Å². The number of hydrogen-bond acceptors (Lipinski definition) is 4. The van der Waals surface area contributed by atoms with Crippen LogP contribution in [0.25, 0.3) is 6.08 Å². The van der Waals surface area contributed by atoms with E-state index < -0.39 is 29.1 Å². The van der Waals surface area contributed by atoms with Gasteiger partial charge in [-0.3, -0.25) is 9.59 Å². The Balaban J connectivity index is 2.04. The number of carbonyl (C=O) groups is 2. The van der Waals surface area contributed by atoms with E-state index in [2.05, 4.69) is 5.32 Å². The fourth-order valence-electron chi connectivity index (χ4n) is 2.65. The summed E-state index contributed by atoms with van der Waals surface area (Å²) in [7, 11) is 1.52. The van der Waals surface area contributed by atoms with E-state index in [4.69, 9.17) is 9.47 Å². The highest BCUT2D eigenvalue weighted by Gasteiger charge is 2.17. The molecule has 0 unspecified atom stereocenters. The van der Waals surface area contributed by atoms with Crippen LogP contribution in [0.3, 0.4) is 0 Å². The van der Waals surface area contributed by atoms with Crippen LogP contribution in [0.4, 0.5) is 14.5 Å². The fourth-order valence-corrected chi connectivity index (χ4v) is 2.65. The number of nitrogens with one attached hydrogen (secondary N) is 1. The normalized spacial score (nSPS) is 10.7. The van der Waals surface area contributed by atoms with Gasteiger partial charge in [0.25, 0.3) is 0 Å². The summed E-state index contributed by atoms with van der Waals surface area (Å²) < 4.78 is 38.1. The summed E-state index contributed by atoms with van der Waals surface area (Å²) in [5.74, 6) is -1.77. The van der Waals surface area contributed by atoms with Gasteiger partial charge in [0.1, 0.15) is 23.9 Å². The number of methoxy groups -OCH3 is 1. The first-order valence-electron chi connectivity index (χ1n) is 9.41. The van der Waals surface area contributed by atoms with Crippen molar-refractivity contribution in [2.75, 3.05) is 32.1 Å². The average molecular weight is 418 g/mol. The quantitative estimate of drug-likeness (QED) is 0.628. The van der Waals surface area contributed by atoms with E-state index in [0.29, 0.717) is 23.7 Å². The Morgan fingerprint density at radius 3 is 2.40 bits per heavy atom. The maximum atomic E-state index is 13.7. The molecule has 0 radical (unpaired) electrons. The van der Waals surface area contributed by atoms with E-state index in [1.165, 1.54) is 24.2 Å². The first kappa shape index (κ1) is 22.9. The number of rotatable bonds is 9. The Morgan fingerprint density at radius 1 is 1.10 bits per heavy atom. The van der Waals surface area contributed by atoms with Gasteiger partial charge < -0.3 is 19.7 Å². The summed E-state index contributed by atoms with van der Waals surface area (Å²) in [6, 6.07) is 8.49. The van der Waals surface area contributed by atoms with E-state index in [-0.39, 0.29) is 13.1 Å². The summed E-state index contributed by atoms with van der Waals surface area (Å²) in [4.78, 5) is 25.8. The molecule has 0 saturated carbocycles. The van der Waals surface area contributed by atoms with Gasteiger partial charge in [0, 0.05) is 12.6 Å². The lowest BCUT2D eigenvalue weighted by molar-refractivity contribution is -0.130. The van der Waals surface area contributed by atoms with Crippen molar-refractivity contribution in [1.29, 1.82) is 0 Å². The minimum absolute atomic E-state index is 0.239. The van der Waals surface area contributed by atoms with Crippen LogP contribution in [0, 0.1) is 11.6 Å². The standard InChI is InChI=1S/C22H24F2N2O4/c1-4-26(14-20(27)25-22-16(23)7-6-8-17(22)24)21(28)12-10-15-9-11-18(30-5-2)19(13-15)29-3/h6-13H,4-5,14H2,1-3H3,(H,25,27)/b12-10+. The van der Waals surface area contributed by atoms with Crippen LogP contribution < -0.4 is 14.8 Å². The highest BCUT2D eigenvalue weighted by Crippen LogP contribution is 2.28. The van der Waals surface area contributed by atoms with Gasteiger partial charge in [-0.2, -0.15) is 0 Å². The van der Waals surface area contributed by atoms with Crippen LogP contribution in [-0.2, 0) is 9.59 Å². The number of amides is 2. The Kier molecular flexibility index (Phi) is 8.34. The SMILES string of the molecule is CCOc1ccc(/C=C/C(=O)N(CC)CC(=O)Nc2c(F)cccc2F)cc1OC. The molecule has 0 aliphatic rings. The average Bonchev–Trinajstić information content (AvgIpc) is 2.73. The zero-order valence-corrected chi connectivity index (χ0v) is 17.1. The Morgan fingerprint density at radius 2 is 1.80 bits per heavy atom. The first-order valence-corrected chi connectivity index (χ1v) is 9.41. The predicted molar refractivity (Wildman–Crippen MR) is 110 cm³/mol. The van der Waals surface area contributed by atoms with Crippen LogP contribution in [0.5, 0.6) is 11.5 Å². The summed E-state index contributed by atoms with van der Waals surface area (Å²) >= 11 is 0. The summed E-state index contributed by atoms with van der Waals surface area (Å²) in [6.07, 6.45) is 2.90. The molecule has 30 heavy (non-hydrogen) atoms. The molecule has 2 amide bonds. The number of hydrogen-bond donors (Lipinski definition) is 1. The molecule has 0 aromatic heterocycles. The van der Waals surface area contributed by atoms with E-state index in [9.17, 15) is 18.4 Å².